The number of nitrogens with zero attached hydrogens (tertiary/aromatic N) is 1. The van der Waals surface area contributed by atoms with Crippen molar-refractivity contribution >= 4 is 28.9 Å². The van der Waals surface area contributed by atoms with Crippen molar-refractivity contribution in [2.24, 2.45) is 0 Å². The molecule has 1 saturated heterocycles. The van der Waals surface area contributed by atoms with Gasteiger partial charge in [0, 0.05) is 23.7 Å². The van der Waals surface area contributed by atoms with Gasteiger partial charge in [0.25, 0.3) is 5.91 Å². The van der Waals surface area contributed by atoms with Crippen molar-refractivity contribution in [2.75, 3.05) is 29.9 Å². The van der Waals surface area contributed by atoms with Gasteiger partial charge < -0.3 is 15.5 Å². The number of carbonyl (C=O) groups excluding carboxylic acids is 1. The third-order valence-corrected chi connectivity index (χ3v) is 4.90. The van der Waals surface area contributed by atoms with Crippen molar-refractivity contribution in [1.29, 1.82) is 0 Å². The number of hydrogen-bond acceptors (Lipinski definition) is 2. The van der Waals surface area contributed by atoms with Gasteiger partial charge in [0.05, 0.1) is 11.4 Å². The van der Waals surface area contributed by atoms with E-state index >= 15 is 0 Å². The lowest BCUT2D eigenvalue weighted by molar-refractivity contribution is -0.659. The molecule has 0 atom stereocenters. The van der Waals surface area contributed by atoms with Crippen LogP contribution in [0.25, 0.3) is 0 Å². The Labute approximate surface area is 154 Å². The van der Waals surface area contributed by atoms with E-state index < -0.39 is 0 Å². The van der Waals surface area contributed by atoms with E-state index in [0.717, 1.165) is 35.1 Å². The number of hydrogen-bond donors (Lipinski definition) is 2. The van der Waals surface area contributed by atoms with Crippen LogP contribution in [-0.4, -0.2) is 25.5 Å². The molecule has 3 rings (SSSR count). The molecule has 0 aliphatic carbocycles. The molecule has 1 amide bonds. The van der Waals surface area contributed by atoms with Crippen LogP contribution < -0.4 is 15.5 Å². The molecular weight excluding hydrogens is 334 g/mol. The fraction of sp³-hybridized carbons (Fsp3) is 0.350. The van der Waals surface area contributed by atoms with E-state index in [1.807, 2.05) is 47.8 Å². The number of amides is 1. The Bertz CT molecular complexity index is 714. The summed E-state index contributed by atoms with van der Waals surface area (Å²) < 4.78 is 0. The normalized spacial score (nSPS) is 14.4. The monoisotopic (exact) mass is 358 g/mol. The molecule has 25 heavy (non-hydrogen) atoms. The summed E-state index contributed by atoms with van der Waals surface area (Å²) in [7, 11) is 0. The number of para-hydroxylation sites is 2. The molecule has 5 heteroatoms. The second-order valence-corrected chi connectivity index (χ2v) is 6.81. The number of quaternary nitrogens is 1. The van der Waals surface area contributed by atoms with Gasteiger partial charge in [-0.05, 0) is 37.5 Å². The van der Waals surface area contributed by atoms with E-state index in [4.69, 9.17) is 11.6 Å². The molecular formula is C20H25ClN3O+. The lowest BCUT2D eigenvalue weighted by Gasteiger charge is -2.30. The van der Waals surface area contributed by atoms with Crippen LogP contribution in [0.1, 0.15) is 24.8 Å². The first-order valence-corrected chi connectivity index (χ1v) is 9.31. The zero-order valence-corrected chi connectivity index (χ0v) is 15.1. The van der Waals surface area contributed by atoms with Crippen molar-refractivity contribution in [1.82, 2.24) is 0 Å². The molecule has 1 heterocycles. The third-order valence-electron chi connectivity index (χ3n) is 4.53. The minimum absolute atomic E-state index is 0.0107. The van der Waals surface area contributed by atoms with Crippen LogP contribution in [0.3, 0.4) is 0 Å². The van der Waals surface area contributed by atoms with Crippen LogP contribution in [0.15, 0.2) is 48.5 Å². The zero-order chi connectivity index (χ0) is 17.5. The Kier molecular flexibility index (Phi) is 6.31. The highest BCUT2D eigenvalue weighted by atomic mass is 35.5. The number of benzene rings is 2. The number of anilines is 2. The molecule has 0 spiro atoms. The average molecular weight is 359 g/mol. The van der Waals surface area contributed by atoms with Crippen LogP contribution in [-0.2, 0) is 11.3 Å². The van der Waals surface area contributed by atoms with Crippen molar-refractivity contribution < 1.29 is 10.1 Å². The summed E-state index contributed by atoms with van der Waals surface area (Å²) in [5.41, 5.74) is 3.08. The molecule has 0 saturated carbocycles. The van der Waals surface area contributed by atoms with Crippen LogP contribution in [0.2, 0.25) is 5.02 Å². The topological polar surface area (TPSA) is 49.0 Å². The molecule has 1 fully saturated rings. The zero-order valence-electron chi connectivity index (χ0n) is 14.4. The molecule has 2 aromatic carbocycles. The Morgan fingerprint density at radius 1 is 1.04 bits per heavy atom. The van der Waals surface area contributed by atoms with Gasteiger partial charge in [-0.3, -0.25) is 4.79 Å². The highest BCUT2D eigenvalue weighted by molar-refractivity contribution is 6.31. The summed E-state index contributed by atoms with van der Waals surface area (Å²) in [5, 5.41) is 5.78. The molecule has 3 N–H and O–H groups in total. The van der Waals surface area contributed by atoms with Gasteiger partial charge in [-0.15, -0.1) is 0 Å². The predicted octanol–water partition coefficient (Wildman–Crippen LogP) is 3.03. The van der Waals surface area contributed by atoms with Crippen LogP contribution in [0.5, 0.6) is 0 Å². The first-order chi connectivity index (χ1) is 12.2. The number of nitrogens with two attached hydrogens (primary N) is 1. The number of halogens is 1. The maximum atomic E-state index is 12.3. The molecule has 0 aromatic heterocycles. The summed E-state index contributed by atoms with van der Waals surface area (Å²) >= 11 is 6.15. The summed E-state index contributed by atoms with van der Waals surface area (Å²) in [4.78, 5) is 14.7. The van der Waals surface area contributed by atoms with Gasteiger partial charge in [-0.25, -0.2) is 0 Å². The van der Waals surface area contributed by atoms with E-state index in [9.17, 15) is 4.79 Å². The van der Waals surface area contributed by atoms with Gasteiger partial charge in [-0.1, -0.05) is 41.9 Å². The second kappa shape index (κ2) is 8.88. The summed E-state index contributed by atoms with van der Waals surface area (Å²) in [6, 6.07) is 15.8. The fourth-order valence-corrected chi connectivity index (χ4v) is 3.43. The molecule has 0 unspecified atom stereocenters. The minimum Gasteiger partial charge on any atom is -0.370 e. The van der Waals surface area contributed by atoms with Crippen LogP contribution >= 0.6 is 11.6 Å². The largest absolute Gasteiger partial charge is 0.370 e. The molecule has 0 radical (unpaired) electrons. The van der Waals surface area contributed by atoms with E-state index in [1.165, 1.54) is 19.3 Å². The van der Waals surface area contributed by atoms with Gasteiger partial charge in [0.15, 0.2) is 6.54 Å². The lowest BCUT2D eigenvalue weighted by Crippen LogP contribution is -2.84. The van der Waals surface area contributed by atoms with Gasteiger partial charge >= 0.3 is 0 Å². The Morgan fingerprint density at radius 2 is 1.76 bits per heavy atom. The average Bonchev–Trinajstić information content (AvgIpc) is 2.64. The third kappa shape index (κ3) is 4.97. The van der Waals surface area contributed by atoms with Gasteiger partial charge in [-0.2, -0.15) is 0 Å². The van der Waals surface area contributed by atoms with E-state index in [2.05, 4.69) is 16.3 Å². The maximum absolute atomic E-state index is 12.3. The Hall–Kier alpha value is -2.04. The Balaban J connectivity index is 1.55. The second-order valence-electron chi connectivity index (χ2n) is 6.40. The molecule has 132 valence electrons. The molecule has 1 aliphatic rings. The SMILES string of the molecule is O=C(C[NH2+]Cc1ccccc1Cl)Nc1ccccc1N1CCCCC1. The Morgan fingerprint density at radius 3 is 2.56 bits per heavy atom. The summed E-state index contributed by atoms with van der Waals surface area (Å²) in [5.74, 6) is 0.0107. The summed E-state index contributed by atoms with van der Waals surface area (Å²) in [6.45, 7) is 3.19. The number of piperidine rings is 1. The first kappa shape index (κ1) is 17.8. The number of nitrogens with one attached hydrogen (secondary N) is 1. The molecule has 1 aliphatic heterocycles. The van der Waals surface area contributed by atoms with Gasteiger partial charge in [0.2, 0.25) is 0 Å². The smallest absolute Gasteiger partial charge is 0.279 e. The predicted molar refractivity (Wildman–Crippen MR) is 103 cm³/mol. The number of carbonyl (C=O) groups is 1. The highest BCUT2D eigenvalue weighted by Crippen LogP contribution is 2.28. The molecule has 4 nitrogen and oxygen atoms in total. The van der Waals surface area contributed by atoms with E-state index in [1.54, 1.807) is 0 Å². The van der Waals surface area contributed by atoms with Crippen LogP contribution in [0.4, 0.5) is 11.4 Å². The lowest BCUT2D eigenvalue weighted by atomic mass is 10.1. The standard InChI is InChI=1S/C20H24ClN3O/c21-17-9-3-2-8-16(17)14-22-15-20(25)23-18-10-4-5-11-19(18)24-12-6-1-7-13-24/h2-5,8-11,22H,1,6-7,12-15H2,(H,23,25)/p+1. The highest BCUT2D eigenvalue weighted by Gasteiger charge is 2.15. The first-order valence-electron chi connectivity index (χ1n) is 8.93. The van der Waals surface area contributed by atoms with Crippen molar-refractivity contribution in [3.05, 3.63) is 59.1 Å². The summed E-state index contributed by atoms with van der Waals surface area (Å²) in [6.07, 6.45) is 3.73. The van der Waals surface area contributed by atoms with Crippen molar-refractivity contribution in [3.63, 3.8) is 0 Å². The fourth-order valence-electron chi connectivity index (χ4n) is 3.21. The quantitative estimate of drug-likeness (QED) is 0.833. The van der Waals surface area contributed by atoms with Crippen molar-refractivity contribution in [2.45, 2.75) is 25.8 Å². The van der Waals surface area contributed by atoms with Crippen molar-refractivity contribution in [3.8, 4) is 0 Å². The van der Waals surface area contributed by atoms with Crippen LogP contribution in [0, 0.1) is 0 Å². The molecule has 0 bridgehead atoms. The van der Waals surface area contributed by atoms with E-state index in [-0.39, 0.29) is 5.91 Å². The minimum atomic E-state index is 0.0107. The maximum Gasteiger partial charge on any atom is 0.279 e. The molecule has 2 aromatic rings. The van der Waals surface area contributed by atoms with Gasteiger partial charge in [0.1, 0.15) is 6.54 Å². The van der Waals surface area contributed by atoms with E-state index in [0.29, 0.717) is 13.1 Å². The number of rotatable bonds is 6.